The highest BCUT2D eigenvalue weighted by Gasteiger charge is 2.20. The predicted octanol–water partition coefficient (Wildman–Crippen LogP) is 5.27. The van der Waals surface area contributed by atoms with E-state index in [-0.39, 0.29) is 24.7 Å². The number of hydrogen-bond acceptors (Lipinski definition) is 5. The SMILES string of the molecule is CCCCCCCCCC(=O)CC(=O)Nc1scc(C)c1C(=O)OCC. The number of esters is 1. The van der Waals surface area contributed by atoms with Crippen molar-refractivity contribution in [2.45, 2.75) is 78.6 Å². The number of thiophene rings is 1. The van der Waals surface area contributed by atoms with Gasteiger partial charge in [-0.05, 0) is 31.2 Å². The third-order valence-corrected chi connectivity index (χ3v) is 5.14. The summed E-state index contributed by atoms with van der Waals surface area (Å²) >= 11 is 1.27. The second kappa shape index (κ2) is 12.6. The van der Waals surface area contributed by atoms with Crippen LogP contribution in [0.2, 0.25) is 0 Å². The lowest BCUT2D eigenvalue weighted by molar-refractivity contribution is -0.125. The average Bonchev–Trinajstić information content (AvgIpc) is 2.94. The summed E-state index contributed by atoms with van der Waals surface area (Å²) in [6.45, 7) is 6.00. The number of ether oxygens (including phenoxy) is 1. The van der Waals surface area contributed by atoms with E-state index < -0.39 is 5.97 Å². The summed E-state index contributed by atoms with van der Waals surface area (Å²) in [6, 6.07) is 0. The van der Waals surface area contributed by atoms with Crippen LogP contribution in [0, 0.1) is 6.92 Å². The molecule has 1 heterocycles. The number of carbonyl (C=O) groups excluding carboxylic acids is 3. The van der Waals surface area contributed by atoms with Crippen molar-refractivity contribution >= 4 is 34.0 Å². The first-order chi connectivity index (χ1) is 12.5. The molecule has 0 aliphatic rings. The molecule has 0 aliphatic carbocycles. The molecule has 0 saturated heterocycles. The Labute approximate surface area is 160 Å². The van der Waals surface area contributed by atoms with Crippen LogP contribution in [0.3, 0.4) is 0 Å². The van der Waals surface area contributed by atoms with Gasteiger partial charge in [0.2, 0.25) is 5.91 Å². The molecular formula is C20H31NO4S. The zero-order chi connectivity index (χ0) is 19.4. The second-order valence-electron chi connectivity index (χ2n) is 6.48. The van der Waals surface area contributed by atoms with Gasteiger partial charge in [-0.15, -0.1) is 11.3 Å². The van der Waals surface area contributed by atoms with E-state index in [2.05, 4.69) is 12.2 Å². The van der Waals surface area contributed by atoms with Gasteiger partial charge in [0.1, 0.15) is 10.8 Å². The number of aryl methyl sites for hydroxylation is 1. The third kappa shape index (κ3) is 8.13. The van der Waals surface area contributed by atoms with Crippen molar-refractivity contribution in [3.8, 4) is 0 Å². The molecule has 0 aromatic carbocycles. The number of carbonyl (C=O) groups is 3. The average molecular weight is 382 g/mol. The van der Waals surface area contributed by atoms with E-state index in [1.807, 2.05) is 0 Å². The van der Waals surface area contributed by atoms with Crippen LogP contribution in [0.5, 0.6) is 0 Å². The van der Waals surface area contributed by atoms with Gasteiger partial charge >= 0.3 is 5.97 Å². The van der Waals surface area contributed by atoms with Crippen LogP contribution in [-0.2, 0) is 14.3 Å². The molecule has 1 N–H and O–H groups in total. The minimum absolute atomic E-state index is 0.0537. The van der Waals surface area contributed by atoms with Gasteiger partial charge in [0, 0.05) is 6.42 Å². The molecule has 0 fully saturated rings. The van der Waals surface area contributed by atoms with Crippen LogP contribution in [0.4, 0.5) is 5.00 Å². The number of nitrogens with one attached hydrogen (secondary N) is 1. The molecule has 0 atom stereocenters. The largest absolute Gasteiger partial charge is 0.462 e. The number of Topliss-reactive ketones (excluding diaryl/α,β-unsaturated/α-hetero) is 1. The molecule has 5 nitrogen and oxygen atoms in total. The molecule has 1 amide bonds. The molecule has 146 valence electrons. The monoisotopic (exact) mass is 381 g/mol. The summed E-state index contributed by atoms with van der Waals surface area (Å²) in [6.07, 6.45) is 8.30. The fourth-order valence-corrected chi connectivity index (χ4v) is 3.66. The van der Waals surface area contributed by atoms with Crippen molar-refractivity contribution in [1.29, 1.82) is 0 Å². The molecule has 0 radical (unpaired) electrons. The van der Waals surface area contributed by atoms with Gasteiger partial charge < -0.3 is 10.1 Å². The first-order valence-electron chi connectivity index (χ1n) is 9.56. The number of hydrogen-bond donors (Lipinski definition) is 1. The second-order valence-corrected chi connectivity index (χ2v) is 7.36. The normalized spacial score (nSPS) is 10.6. The standard InChI is InChI=1S/C20H31NO4S/c1-4-6-7-8-9-10-11-12-16(22)13-17(23)21-19-18(15(3)14-26-19)20(24)25-5-2/h14H,4-13H2,1-3H3,(H,21,23). The van der Waals surface area contributed by atoms with Crippen LogP contribution in [0.1, 0.15) is 87.6 Å². The summed E-state index contributed by atoms with van der Waals surface area (Å²) in [5.74, 6) is -0.872. The van der Waals surface area contributed by atoms with E-state index in [0.717, 1.165) is 24.8 Å². The van der Waals surface area contributed by atoms with Crippen LogP contribution >= 0.6 is 11.3 Å². The molecule has 0 aliphatic heterocycles. The molecule has 0 spiro atoms. The van der Waals surface area contributed by atoms with Crippen LogP contribution in [-0.4, -0.2) is 24.3 Å². The Morgan fingerprint density at radius 2 is 1.69 bits per heavy atom. The Kier molecular flexibility index (Phi) is 10.9. The lowest BCUT2D eigenvalue weighted by Gasteiger charge is -2.07. The molecule has 0 saturated carbocycles. The van der Waals surface area contributed by atoms with Gasteiger partial charge in [0.25, 0.3) is 0 Å². The van der Waals surface area contributed by atoms with E-state index >= 15 is 0 Å². The van der Waals surface area contributed by atoms with E-state index in [1.165, 1.54) is 37.0 Å². The summed E-state index contributed by atoms with van der Waals surface area (Å²) in [5.41, 5.74) is 1.14. The van der Waals surface area contributed by atoms with Gasteiger partial charge in [0.05, 0.1) is 18.6 Å². The van der Waals surface area contributed by atoms with E-state index in [0.29, 0.717) is 17.0 Å². The molecule has 1 aromatic rings. The van der Waals surface area contributed by atoms with Gasteiger partial charge in [-0.1, -0.05) is 45.4 Å². The first kappa shape index (κ1) is 22.4. The van der Waals surface area contributed by atoms with Crippen molar-refractivity contribution in [1.82, 2.24) is 0 Å². The maximum absolute atomic E-state index is 12.1. The zero-order valence-electron chi connectivity index (χ0n) is 16.2. The van der Waals surface area contributed by atoms with Gasteiger partial charge in [-0.3, -0.25) is 9.59 Å². The summed E-state index contributed by atoms with van der Waals surface area (Å²) in [4.78, 5) is 36.0. The van der Waals surface area contributed by atoms with Crippen molar-refractivity contribution in [2.24, 2.45) is 0 Å². The molecule has 6 heteroatoms. The highest BCUT2D eigenvalue weighted by atomic mass is 32.1. The van der Waals surface area contributed by atoms with Crippen LogP contribution in [0.25, 0.3) is 0 Å². The fourth-order valence-electron chi connectivity index (χ4n) is 2.71. The first-order valence-corrected chi connectivity index (χ1v) is 10.4. The predicted molar refractivity (Wildman–Crippen MR) is 106 cm³/mol. The Bertz CT molecular complexity index is 595. The van der Waals surface area contributed by atoms with Crippen molar-refractivity contribution in [2.75, 3.05) is 11.9 Å². The molecule has 0 unspecified atom stereocenters. The molecule has 26 heavy (non-hydrogen) atoms. The topological polar surface area (TPSA) is 72.5 Å². The molecular weight excluding hydrogens is 350 g/mol. The number of ketones is 1. The Morgan fingerprint density at radius 1 is 1.04 bits per heavy atom. The lowest BCUT2D eigenvalue weighted by Crippen LogP contribution is -2.18. The minimum atomic E-state index is -0.448. The van der Waals surface area contributed by atoms with E-state index in [1.54, 1.807) is 19.2 Å². The number of rotatable bonds is 13. The summed E-state index contributed by atoms with van der Waals surface area (Å²) in [5, 5.41) is 4.93. The summed E-state index contributed by atoms with van der Waals surface area (Å²) in [7, 11) is 0. The van der Waals surface area contributed by atoms with Crippen molar-refractivity contribution in [3.63, 3.8) is 0 Å². The Balaban J connectivity index is 2.36. The maximum Gasteiger partial charge on any atom is 0.341 e. The summed E-state index contributed by atoms with van der Waals surface area (Å²) < 4.78 is 5.02. The minimum Gasteiger partial charge on any atom is -0.462 e. The number of amides is 1. The number of anilines is 1. The Morgan fingerprint density at radius 3 is 2.35 bits per heavy atom. The van der Waals surface area contributed by atoms with Crippen LogP contribution < -0.4 is 5.32 Å². The molecule has 1 rings (SSSR count). The quantitative estimate of drug-likeness (QED) is 0.287. The van der Waals surface area contributed by atoms with Gasteiger partial charge in [-0.25, -0.2) is 4.79 Å². The fraction of sp³-hybridized carbons (Fsp3) is 0.650. The maximum atomic E-state index is 12.1. The highest BCUT2D eigenvalue weighted by Crippen LogP contribution is 2.28. The third-order valence-electron chi connectivity index (χ3n) is 4.12. The van der Waals surface area contributed by atoms with E-state index in [4.69, 9.17) is 4.74 Å². The van der Waals surface area contributed by atoms with Gasteiger partial charge in [0.15, 0.2) is 0 Å². The lowest BCUT2D eigenvalue weighted by atomic mass is 10.1. The van der Waals surface area contributed by atoms with Crippen LogP contribution in [0.15, 0.2) is 5.38 Å². The highest BCUT2D eigenvalue weighted by molar-refractivity contribution is 7.15. The van der Waals surface area contributed by atoms with Gasteiger partial charge in [-0.2, -0.15) is 0 Å². The van der Waals surface area contributed by atoms with E-state index in [9.17, 15) is 14.4 Å². The Hall–Kier alpha value is -1.69. The molecule has 0 bridgehead atoms. The molecule has 1 aromatic heterocycles. The number of unbranched alkanes of at least 4 members (excludes halogenated alkanes) is 6. The zero-order valence-corrected chi connectivity index (χ0v) is 17.0. The van der Waals surface area contributed by atoms with Crippen molar-refractivity contribution in [3.05, 3.63) is 16.5 Å². The van der Waals surface area contributed by atoms with Crippen molar-refractivity contribution < 1.29 is 19.1 Å². The smallest absolute Gasteiger partial charge is 0.341 e.